The fourth-order valence-electron chi connectivity index (χ4n) is 2.37. The molecule has 142 valence electrons. The molecule has 0 aliphatic heterocycles. The summed E-state index contributed by atoms with van der Waals surface area (Å²) in [5, 5.41) is 0. The van der Waals surface area contributed by atoms with Crippen molar-refractivity contribution in [3.05, 3.63) is 71.0 Å². The van der Waals surface area contributed by atoms with E-state index in [0.29, 0.717) is 31.2 Å². The minimum absolute atomic E-state index is 0. The molecule has 2 aromatic carbocycles. The Labute approximate surface area is 155 Å². The van der Waals surface area contributed by atoms with Gasteiger partial charge < -0.3 is 10.6 Å². The lowest BCUT2D eigenvalue weighted by molar-refractivity contribution is -0.137. The molecule has 0 aromatic heterocycles. The van der Waals surface area contributed by atoms with Crippen molar-refractivity contribution >= 4 is 18.3 Å². The van der Waals surface area contributed by atoms with Gasteiger partial charge in [-0.05, 0) is 36.7 Å². The number of hydrogen-bond acceptors (Lipinski definition) is 2. The van der Waals surface area contributed by atoms with Crippen molar-refractivity contribution in [2.45, 2.75) is 19.1 Å². The van der Waals surface area contributed by atoms with Gasteiger partial charge in [-0.1, -0.05) is 30.3 Å². The Hall–Kier alpha value is -2.12. The zero-order valence-electron chi connectivity index (χ0n) is 13.8. The second-order valence-corrected chi connectivity index (χ2v) is 5.55. The molecule has 0 heterocycles. The molecule has 0 bridgehead atoms. The van der Waals surface area contributed by atoms with Crippen LogP contribution in [0.5, 0.6) is 0 Å². The Bertz CT molecular complexity index is 723. The van der Waals surface area contributed by atoms with Crippen LogP contribution in [0.3, 0.4) is 0 Å². The van der Waals surface area contributed by atoms with Crippen molar-refractivity contribution in [2.24, 2.45) is 5.73 Å². The van der Waals surface area contributed by atoms with E-state index in [0.717, 1.165) is 5.56 Å². The number of benzene rings is 2. The van der Waals surface area contributed by atoms with Crippen molar-refractivity contribution in [3.8, 4) is 0 Å². The Morgan fingerprint density at radius 2 is 1.73 bits per heavy atom. The Morgan fingerprint density at radius 3 is 2.31 bits per heavy atom. The van der Waals surface area contributed by atoms with Crippen molar-refractivity contribution < 1.29 is 22.4 Å². The first-order valence-electron chi connectivity index (χ1n) is 7.73. The first kappa shape index (κ1) is 21.9. The van der Waals surface area contributed by atoms with Gasteiger partial charge in [-0.25, -0.2) is 4.39 Å². The van der Waals surface area contributed by atoms with Crippen LogP contribution in [-0.2, 0) is 12.7 Å². The summed E-state index contributed by atoms with van der Waals surface area (Å²) in [6, 6.07) is 10.8. The minimum Gasteiger partial charge on any atom is -0.334 e. The van der Waals surface area contributed by atoms with E-state index in [4.69, 9.17) is 5.73 Å². The van der Waals surface area contributed by atoms with Crippen LogP contribution in [0, 0.1) is 5.82 Å². The Kier molecular flexibility index (Phi) is 8.05. The van der Waals surface area contributed by atoms with Gasteiger partial charge in [-0.3, -0.25) is 4.79 Å². The lowest BCUT2D eigenvalue weighted by atomic mass is 10.1. The summed E-state index contributed by atoms with van der Waals surface area (Å²) in [4.78, 5) is 13.9. The lowest BCUT2D eigenvalue weighted by Gasteiger charge is -2.23. The first-order valence-corrected chi connectivity index (χ1v) is 7.73. The average Bonchev–Trinajstić information content (AvgIpc) is 2.58. The van der Waals surface area contributed by atoms with Gasteiger partial charge in [0.05, 0.1) is 11.1 Å². The summed E-state index contributed by atoms with van der Waals surface area (Å²) in [6.45, 7) is 0.693. The molecule has 2 aromatic rings. The fourth-order valence-corrected chi connectivity index (χ4v) is 2.37. The van der Waals surface area contributed by atoms with Crippen LogP contribution in [-0.4, -0.2) is 23.9 Å². The molecule has 0 radical (unpaired) electrons. The van der Waals surface area contributed by atoms with Crippen LogP contribution in [0.25, 0.3) is 0 Å². The van der Waals surface area contributed by atoms with E-state index in [9.17, 15) is 22.4 Å². The largest absolute Gasteiger partial charge is 0.416 e. The molecule has 1 amide bonds. The quantitative estimate of drug-likeness (QED) is 0.749. The van der Waals surface area contributed by atoms with E-state index in [1.807, 2.05) is 6.07 Å². The highest BCUT2D eigenvalue weighted by molar-refractivity contribution is 5.94. The van der Waals surface area contributed by atoms with Crippen molar-refractivity contribution in [3.63, 3.8) is 0 Å². The number of alkyl halides is 3. The average molecular weight is 391 g/mol. The number of rotatable bonds is 6. The highest BCUT2D eigenvalue weighted by Gasteiger charge is 2.32. The van der Waals surface area contributed by atoms with E-state index >= 15 is 0 Å². The Morgan fingerprint density at radius 1 is 1.08 bits per heavy atom. The maximum Gasteiger partial charge on any atom is 0.416 e. The van der Waals surface area contributed by atoms with Gasteiger partial charge in [0.1, 0.15) is 5.82 Å². The maximum absolute atomic E-state index is 14.0. The number of carbonyl (C=O) groups is 1. The summed E-state index contributed by atoms with van der Waals surface area (Å²) in [6.07, 6.45) is -4.19. The molecule has 2 N–H and O–H groups in total. The first-order chi connectivity index (χ1) is 11.8. The number of nitrogens with zero attached hydrogens (tertiary/aromatic N) is 1. The lowest BCUT2D eigenvalue weighted by Crippen LogP contribution is -2.33. The summed E-state index contributed by atoms with van der Waals surface area (Å²) in [7, 11) is 0. The second kappa shape index (κ2) is 9.54. The molecular formula is C18H19ClF4N2O. The molecule has 0 saturated carbocycles. The topological polar surface area (TPSA) is 46.3 Å². The third kappa shape index (κ3) is 5.71. The molecule has 0 atom stereocenters. The monoisotopic (exact) mass is 390 g/mol. The van der Waals surface area contributed by atoms with E-state index in [1.165, 1.54) is 4.90 Å². The van der Waals surface area contributed by atoms with Gasteiger partial charge >= 0.3 is 6.18 Å². The van der Waals surface area contributed by atoms with Crippen molar-refractivity contribution in [1.29, 1.82) is 0 Å². The van der Waals surface area contributed by atoms with Gasteiger partial charge in [0.15, 0.2) is 0 Å². The molecule has 0 unspecified atom stereocenters. The zero-order valence-corrected chi connectivity index (χ0v) is 14.6. The van der Waals surface area contributed by atoms with Crippen LogP contribution in [0.1, 0.15) is 27.9 Å². The molecule has 2 rings (SSSR count). The van der Waals surface area contributed by atoms with Crippen LogP contribution in [0.15, 0.2) is 48.5 Å². The summed E-state index contributed by atoms with van der Waals surface area (Å²) in [5.41, 5.74) is 4.60. The van der Waals surface area contributed by atoms with E-state index < -0.39 is 29.0 Å². The molecule has 0 saturated heterocycles. The predicted molar refractivity (Wildman–Crippen MR) is 93.5 cm³/mol. The van der Waals surface area contributed by atoms with Crippen molar-refractivity contribution in [2.75, 3.05) is 13.1 Å². The van der Waals surface area contributed by atoms with E-state index in [2.05, 4.69) is 0 Å². The molecule has 0 fully saturated rings. The van der Waals surface area contributed by atoms with Crippen LogP contribution in [0.2, 0.25) is 0 Å². The molecule has 0 aliphatic carbocycles. The number of amides is 1. The van der Waals surface area contributed by atoms with Crippen LogP contribution in [0.4, 0.5) is 17.6 Å². The summed E-state index contributed by atoms with van der Waals surface area (Å²) < 4.78 is 52.5. The maximum atomic E-state index is 14.0. The normalized spacial score (nSPS) is 11.0. The third-order valence-electron chi connectivity index (χ3n) is 3.66. The molecular weight excluding hydrogens is 372 g/mol. The van der Waals surface area contributed by atoms with Crippen molar-refractivity contribution in [1.82, 2.24) is 4.90 Å². The smallest absolute Gasteiger partial charge is 0.334 e. The minimum atomic E-state index is -4.65. The molecule has 0 spiro atoms. The number of nitrogens with two attached hydrogens (primary N) is 1. The van der Waals surface area contributed by atoms with Gasteiger partial charge in [0.25, 0.3) is 5.91 Å². The number of hydrogen-bond donors (Lipinski definition) is 1. The van der Waals surface area contributed by atoms with Crippen LogP contribution < -0.4 is 5.73 Å². The van der Waals surface area contributed by atoms with Gasteiger partial charge in [-0.2, -0.15) is 13.2 Å². The fraction of sp³-hybridized carbons (Fsp3) is 0.278. The molecule has 0 aliphatic rings. The number of halogens is 5. The van der Waals surface area contributed by atoms with Gasteiger partial charge in [-0.15, -0.1) is 12.4 Å². The zero-order chi connectivity index (χ0) is 18.4. The van der Waals surface area contributed by atoms with Crippen LogP contribution >= 0.6 is 12.4 Å². The van der Waals surface area contributed by atoms with E-state index in [-0.39, 0.29) is 25.5 Å². The SMILES string of the molecule is Cl.NCCCN(Cc1ccccc1)C(=O)c1cc(C(F)(F)F)ccc1F. The summed E-state index contributed by atoms with van der Waals surface area (Å²) >= 11 is 0. The second-order valence-electron chi connectivity index (χ2n) is 5.55. The van der Waals surface area contributed by atoms with Gasteiger partial charge in [0.2, 0.25) is 0 Å². The summed E-state index contributed by atoms with van der Waals surface area (Å²) in [5.74, 6) is -1.77. The standard InChI is InChI=1S/C18H18F4N2O.ClH/c19-16-8-7-14(18(20,21)22)11-15(16)17(25)24(10-4-9-23)12-13-5-2-1-3-6-13;/h1-3,5-8,11H,4,9-10,12,23H2;1H. The van der Waals surface area contributed by atoms with Gasteiger partial charge in [0, 0.05) is 13.1 Å². The molecule has 8 heteroatoms. The highest BCUT2D eigenvalue weighted by atomic mass is 35.5. The Balaban J connectivity index is 0.00000338. The highest BCUT2D eigenvalue weighted by Crippen LogP contribution is 2.30. The molecule has 26 heavy (non-hydrogen) atoms. The number of carbonyl (C=O) groups excluding carboxylic acids is 1. The third-order valence-corrected chi connectivity index (χ3v) is 3.66. The molecule has 3 nitrogen and oxygen atoms in total. The van der Waals surface area contributed by atoms with E-state index in [1.54, 1.807) is 24.3 Å². The predicted octanol–water partition coefficient (Wildman–Crippen LogP) is 4.26.